The maximum absolute atomic E-state index is 11.4. The van der Waals surface area contributed by atoms with Gasteiger partial charge >= 0.3 is 0 Å². The molecule has 1 saturated heterocycles. The zero-order valence-electron chi connectivity index (χ0n) is 8.96. The predicted octanol–water partition coefficient (Wildman–Crippen LogP) is 0.426. The molecule has 1 heterocycles. The van der Waals surface area contributed by atoms with Gasteiger partial charge in [-0.05, 0) is 25.7 Å². The molecule has 1 fully saturated rings. The molecule has 0 aromatic heterocycles. The van der Waals surface area contributed by atoms with Crippen molar-refractivity contribution in [3.05, 3.63) is 0 Å². The number of carbonyl (C=O) groups is 2. The Bertz CT molecular complexity index is 238. The van der Waals surface area contributed by atoms with Crippen LogP contribution in [-0.4, -0.2) is 23.9 Å². The number of carbonyl (C=O) groups excluding carboxylic acids is 2. The Morgan fingerprint density at radius 3 is 2.43 bits per heavy atom. The molecule has 4 heteroatoms. The summed E-state index contributed by atoms with van der Waals surface area (Å²) in [5.41, 5.74) is 0. The standard InChI is InChI=1S/C10H18N2O2/c1-6(2)4-5-8-10(14)11-7(3)9(13)12-8/h6-8H,4-5H2,1-3H3,(H,11,14)(H,12,13)/t7-,8-/m0/s1. The fourth-order valence-corrected chi connectivity index (χ4v) is 1.45. The second-order valence-electron chi connectivity index (χ2n) is 4.26. The highest BCUT2D eigenvalue weighted by atomic mass is 16.2. The van der Waals surface area contributed by atoms with E-state index in [1.807, 2.05) is 0 Å². The predicted molar refractivity (Wildman–Crippen MR) is 53.6 cm³/mol. The summed E-state index contributed by atoms with van der Waals surface area (Å²) in [7, 11) is 0. The van der Waals surface area contributed by atoms with Crippen LogP contribution >= 0.6 is 0 Å². The minimum Gasteiger partial charge on any atom is -0.343 e. The third-order valence-corrected chi connectivity index (χ3v) is 2.42. The highest BCUT2D eigenvalue weighted by molar-refractivity contribution is 5.96. The van der Waals surface area contributed by atoms with E-state index in [1.54, 1.807) is 6.92 Å². The number of amides is 2. The Labute approximate surface area is 84.4 Å². The summed E-state index contributed by atoms with van der Waals surface area (Å²) in [6.45, 7) is 5.89. The summed E-state index contributed by atoms with van der Waals surface area (Å²) in [4.78, 5) is 22.7. The molecule has 0 radical (unpaired) electrons. The molecule has 14 heavy (non-hydrogen) atoms. The maximum atomic E-state index is 11.4. The van der Waals surface area contributed by atoms with Crippen LogP contribution < -0.4 is 10.6 Å². The third kappa shape index (κ3) is 2.72. The summed E-state index contributed by atoms with van der Waals surface area (Å²) in [6, 6.07) is -0.723. The Hall–Kier alpha value is -1.06. The van der Waals surface area contributed by atoms with E-state index in [0.717, 1.165) is 12.8 Å². The number of piperazine rings is 1. The topological polar surface area (TPSA) is 58.2 Å². The molecule has 80 valence electrons. The van der Waals surface area contributed by atoms with Crippen LogP contribution in [0.5, 0.6) is 0 Å². The highest BCUT2D eigenvalue weighted by Gasteiger charge is 2.30. The summed E-state index contributed by atoms with van der Waals surface area (Å²) >= 11 is 0. The third-order valence-electron chi connectivity index (χ3n) is 2.42. The van der Waals surface area contributed by atoms with Gasteiger partial charge in [0.05, 0.1) is 0 Å². The van der Waals surface area contributed by atoms with Crippen LogP contribution in [0, 0.1) is 5.92 Å². The SMILES string of the molecule is CC(C)CC[C@@H]1NC(=O)[C@H](C)NC1=O. The van der Waals surface area contributed by atoms with E-state index in [9.17, 15) is 9.59 Å². The van der Waals surface area contributed by atoms with Crippen molar-refractivity contribution in [2.45, 2.75) is 45.7 Å². The van der Waals surface area contributed by atoms with Crippen LogP contribution in [0.15, 0.2) is 0 Å². The molecule has 0 saturated carbocycles. The lowest BCUT2D eigenvalue weighted by molar-refractivity contribution is -0.136. The van der Waals surface area contributed by atoms with Crippen LogP contribution in [0.2, 0.25) is 0 Å². The number of rotatable bonds is 3. The van der Waals surface area contributed by atoms with Crippen molar-refractivity contribution < 1.29 is 9.59 Å². The molecule has 2 amide bonds. The zero-order chi connectivity index (χ0) is 10.7. The molecular weight excluding hydrogens is 180 g/mol. The van der Waals surface area contributed by atoms with Gasteiger partial charge in [0.15, 0.2) is 0 Å². The monoisotopic (exact) mass is 198 g/mol. The summed E-state index contributed by atoms with van der Waals surface area (Å²) in [5, 5.41) is 5.37. The van der Waals surface area contributed by atoms with Crippen molar-refractivity contribution in [3.63, 3.8) is 0 Å². The largest absolute Gasteiger partial charge is 0.343 e. The van der Waals surface area contributed by atoms with Gasteiger partial charge < -0.3 is 10.6 Å². The van der Waals surface area contributed by atoms with Gasteiger partial charge in [-0.15, -0.1) is 0 Å². The molecule has 4 nitrogen and oxygen atoms in total. The summed E-state index contributed by atoms with van der Waals surface area (Å²) in [6.07, 6.45) is 1.68. The van der Waals surface area contributed by atoms with Gasteiger partial charge in [0.1, 0.15) is 12.1 Å². The first kappa shape index (κ1) is 11.0. The van der Waals surface area contributed by atoms with E-state index in [4.69, 9.17) is 0 Å². The van der Waals surface area contributed by atoms with Crippen molar-refractivity contribution in [1.29, 1.82) is 0 Å². The van der Waals surface area contributed by atoms with Crippen LogP contribution in [0.1, 0.15) is 33.6 Å². The van der Waals surface area contributed by atoms with E-state index in [1.165, 1.54) is 0 Å². The molecule has 0 bridgehead atoms. The molecule has 1 rings (SSSR count). The van der Waals surface area contributed by atoms with Crippen LogP contribution in [0.4, 0.5) is 0 Å². The molecule has 1 aliphatic heterocycles. The Balaban J connectivity index is 2.45. The highest BCUT2D eigenvalue weighted by Crippen LogP contribution is 2.09. The molecular formula is C10H18N2O2. The molecule has 0 unspecified atom stereocenters. The lowest BCUT2D eigenvalue weighted by atomic mass is 10.0. The van der Waals surface area contributed by atoms with Gasteiger partial charge in [0.2, 0.25) is 11.8 Å². The second-order valence-corrected chi connectivity index (χ2v) is 4.26. The van der Waals surface area contributed by atoms with E-state index < -0.39 is 6.04 Å². The van der Waals surface area contributed by atoms with Crippen molar-refractivity contribution in [3.8, 4) is 0 Å². The van der Waals surface area contributed by atoms with Gasteiger partial charge in [0.25, 0.3) is 0 Å². The van der Waals surface area contributed by atoms with Gasteiger partial charge in [0, 0.05) is 0 Å². The smallest absolute Gasteiger partial charge is 0.243 e. The summed E-state index contributed by atoms with van der Waals surface area (Å²) < 4.78 is 0. The van der Waals surface area contributed by atoms with Gasteiger partial charge in [-0.2, -0.15) is 0 Å². The second kappa shape index (κ2) is 4.44. The number of hydrogen-bond donors (Lipinski definition) is 2. The van der Waals surface area contributed by atoms with Crippen LogP contribution in [0.3, 0.4) is 0 Å². The molecule has 0 aromatic rings. The number of nitrogens with one attached hydrogen (secondary N) is 2. The van der Waals surface area contributed by atoms with Gasteiger partial charge in [-0.25, -0.2) is 0 Å². The molecule has 0 spiro atoms. The zero-order valence-corrected chi connectivity index (χ0v) is 8.96. The van der Waals surface area contributed by atoms with Crippen LogP contribution in [-0.2, 0) is 9.59 Å². The molecule has 0 aliphatic carbocycles. The van der Waals surface area contributed by atoms with Crippen molar-refractivity contribution in [1.82, 2.24) is 10.6 Å². The van der Waals surface area contributed by atoms with Crippen molar-refractivity contribution >= 4 is 11.8 Å². The first-order valence-corrected chi connectivity index (χ1v) is 5.11. The first-order chi connectivity index (χ1) is 6.50. The minimum absolute atomic E-state index is 0.0576. The fraction of sp³-hybridized carbons (Fsp3) is 0.800. The molecule has 2 atom stereocenters. The summed E-state index contributed by atoms with van der Waals surface area (Å²) in [5.74, 6) is 0.412. The van der Waals surface area contributed by atoms with Crippen LogP contribution in [0.25, 0.3) is 0 Å². The molecule has 1 aliphatic rings. The Kier molecular flexibility index (Phi) is 3.49. The maximum Gasteiger partial charge on any atom is 0.243 e. The normalized spacial score (nSPS) is 27.4. The quantitative estimate of drug-likeness (QED) is 0.690. The molecule has 0 aromatic carbocycles. The van der Waals surface area contributed by atoms with Gasteiger partial charge in [-0.1, -0.05) is 13.8 Å². The van der Waals surface area contributed by atoms with Crippen molar-refractivity contribution in [2.75, 3.05) is 0 Å². The van der Waals surface area contributed by atoms with Crippen molar-refractivity contribution in [2.24, 2.45) is 5.92 Å². The lowest BCUT2D eigenvalue weighted by Gasteiger charge is -2.27. The fourth-order valence-electron chi connectivity index (χ4n) is 1.45. The average molecular weight is 198 g/mol. The first-order valence-electron chi connectivity index (χ1n) is 5.11. The number of hydrogen-bond acceptors (Lipinski definition) is 2. The Morgan fingerprint density at radius 1 is 1.21 bits per heavy atom. The van der Waals surface area contributed by atoms with E-state index in [0.29, 0.717) is 5.92 Å². The Morgan fingerprint density at radius 2 is 1.86 bits per heavy atom. The molecule has 2 N–H and O–H groups in total. The van der Waals surface area contributed by atoms with Gasteiger partial charge in [-0.3, -0.25) is 9.59 Å². The minimum atomic E-state index is -0.391. The van der Waals surface area contributed by atoms with E-state index >= 15 is 0 Å². The lowest BCUT2D eigenvalue weighted by Crippen LogP contribution is -2.60. The average Bonchev–Trinajstić information content (AvgIpc) is 2.09. The van der Waals surface area contributed by atoms with E-state index in [-0.39, 0.29) is 17.9 Å². The van der Waals surface area contributed by atoms with E-state index in [2.05, 4.69) is 24.5 Å².